The van der Waals surface area contributed by atoms with Gasteiger partial charge in [-0.15, -0.1) is 0 Å². The first-order valence-corrected chi connectivity index (χ1v) is 5.53. The third-order valence-electron chi connectivity index (χ3n) is 3.51. The molecule has 1 heteroatoms. The van der Waals surface area contributed by atoms with Crippen LogP contribution >= 0.6 is 0 Å². The largest absolute Gasteiger partial charge is 0.327 e. The highest BCUT2D eigenvalue weighted by atomic mass is 14.7. The first kappa shape index (κ1) is 10.0. The van der Waals surface area contributed by atoms with Gasteiger partial charge in [0, 0.05) is 6.04 Å². The van der Waals surface area contributed by atoms with Crippen molar-refractivity contribution in [3.05, 3.63) is 0 Å². The highest BCUT2D eigenvalue weighted by Gasteiger charge is 2.25. The average Bonchev–Trinajstić information content (AvgIpc) is 2.47. The topological polar surface area (TPSA) is 26.0 Å². The van der Waals surface area contributed by atoms with Crippen LogP contribution < -0.4 is 5.73 Å². The quantitative estimate of drug-likeness (QED) is 0.688. The highest BCUT2D eigenvalue weighted by molar-refractivity contribution is 4.81. The van der Waals surface area contributed by atoms with E-state index in [1.54, 1.807) is 0 Å². The van der Waals surface area contributed by atoms with Crippen molar-refractivity contribution in [2.45, 2.75) is 58.4 Å². The molecule has 2 atom stereocenters. The normalized spacial score (nSPS) is 30.0. The Labute approximate surface area is 76.7 Å². The van der Waals surface area contributed by atoms with Crippen LogP contribution in [0.2, 0.25) is 0 Å². The van der Waals surface area contributed by atoms with Gasteiger partial charge < -0.3 is 5.73 Å². The van der Waals surface area contributed by atoms with Crippen LogP contribution in [0, 0.1) is 11.8 Å². The molecule has 0 radical (unpaired) electrons. The first-order valence-electron chi connectivity index (χ1n) is 5.53. The van der Waals surface area contributed by atoms with Gasteiger partial charge in [-0.25, -0.2) is 0 Å². The van der Waals surface area contributed by atoms with Gasteiger partial charge in [-0.3, -0.25) is 0 Å². The molecule has 1 aliphatic rings. The lowest BCUT2D eigenvalue weighted by Gasteiger charge is -2.20. The van der Waals surface area contributed by atoms with Gasteiger partial charge in [-0.1, -0.05) is 33.1 Å². The van der Waals surface area contributed by atoms with Crippen LogP contribution in [0.25, 0.3) is 0 Å². The lowest BCUT2D eigenvalue weighted by Crippen LogP contribution is -2.26. The van der Waals surface area contributed by atoms with Gasteiger partial charge in [0.25, 0.3) is 0 Å². The molecule has 1 aliphatic carbocycles. The number of hydrogen-bond acceptors (Lipinski definition) is 1. The van der Waals surface area contributed by atoms with Crippen LogP contribution in [0.4, 0.5) is 0 Å². The van der Waals surface area contributed by atoms with Gasteiger partial charge in [0.05, 0.1) is 0 Å². The van der Waals surface area contributed by atoms with Crippen LogP contribution in [-0.2, 0) is 0 Å². The van der Waals surface area contributed by atoms with Crippen molar-refractivity contribution in [2.24, 2.45) is 17.6 Å². The number of hydrogen-bond donors (Lipinski definition) is 1. The summed E-state index contributed by atoms with van der Waals surface area (Å²) in [6, 6.07) is 0.519. The molecule has 0 amide bonds. The van der Waals surface area contributed by atoms with Crippen molar-refractivity contribution in [3.8, 4) is 0 Å². The number of rotatable bonds is 4. The predicted octanol–water partition coefficient (Wildman–Crippen LogP) is 2.94. The molecular weight excluding hydrogens is 146 g/mol. The molecule has 0 spiro atoms. The third-order valence-corrected chi connectivity index (χ3v) is 3.51. The molecular formula is C11H23N. The summed E-state index contributed by atoms with van der Waals surface area (Å²) in [6.45, 7) is 4.60. The minimum atomic E-state index is 0.519. The summed E-state index contributed by atoms with van der Waals surface area (Å²) in [5.41, 5.74) is 6.04. The highest BCUT2D eigenvalue weighted by Crippen LogP contribution is 2.31. The molecule has 1 saturated carbocycles. The molecule has 0 bridgehead atoms. The van der Waals surface area contributed by atoms with Gasteiger partial charge in [-0.2, -0.15) is 0 Å². The van der Waals surface area contributed by atoms with Gasteiger partial charge in [-0.05, 0) is 31.1 Å². The van der Waals surface area contributed by atoms with Crippen molar-refractivity contribution in [1.29, 1.82) is 0 Å². The van der Waals surface area contributed by atoms with Gasteiger partial charge in [0.2, 0.25) is 0 Å². The Hall–Kier alpha value is -0.0400. The molecule has 12 heavy (non-hydrogen) atoms. The van der Waals surface area contributed by atoms with Crippen molar-refractivity contribution < 1.29 is 0 Å². The zero-order valence-corrected chi connectivity index (χ0v) is 8.55. The smallest absolute Gasteiger partial charge is 0.00672 e. The van der Waals surface area contributed by atoms with E-state index in [9.17, 15) is 0 Å². The minimum Gasteiger partial charge on any atom is -0.327 e. The van der Waals surface area contributed by atoms with Crippen LogP contribution in [-0.4, -0.2) is 6.04 Å². The van der Waals surface area contributed by atoms with Gasteiger partial charge in [0.15, 0.2) is 0 Å². The molecule has 0 aliphatic heterocycles. The lowest BCUT2D eigenvalue weighted by molar-refractivity contribution is 0.335. The van der Waals surface area contributed by atoms with E-state index in [0.29, 0.717) is 6.04 Å². The number of nitrogens with two attached hydrogens (primary N) is 1. The van der Waals surface area contributed by atoms with Crippen molar-refractivity contribution >= 4 is 0 Å². The Morgan fingerprint density at radius 2 is 1.92 bits per heavy atom. The summed E-state index contributed by atoms with van der Waals surface area (Å²) >= 11 is 0. The third kappa shape index (κ3) is 2.48. The lowest BCUT2D eigenvalue weighted by atomic mass is 9.88. The molecule has 0 aromatic heterocycles. The standard InChI is InChI=1S/C11H23N/c1-3-9(4-2)8-10-6-5-7-11(10)12/h9-11H,3-8,12H2,1-2H3/t10?,11-/m1/s1. The molecule has 1 rings (SSSR count). The zero-order valence-electron chi connectivity index (χ0n) is 8.55. The monoisotopic (exact) mass is 169 g/mol. The fourth-order valence-corrected chi connectivity index (χ4v) is 2.41. The Morgan fingerprint density at radius 1 is 1.25 bits per heavy atom. The molecule has 72 valence electrons. The summed E-state index contributed by atoms with van der Waals surface area (Å²) in [6.07, 6.45) is 8.07. The Balaban J connectivity index is 2.28. The maximum atomic E-state index is 6.04. The van der Waals surface area contributed by atoms with Gasteiger partial charge >= 0.3 is 0 Å². The Kier molecular flexibility index (Phi) is 4.07. The summed E-state index contributed by atoms with van der Waals surface area (Å²) in [5, 5.41) is 0. The maximum absolute atomic E-state index is 6.04. The average molecular weight is 169 g/mol. The Morgan fingerprint density at radius 3 is 2.33 bits per heavy atom. The molecule has 0 aromatic rings. The molecule has 0 heterocycles. The van der Waals surface area contributed by atoms with Gasteiger partial charge in [0.1, 0.15) is 0 Å². The molecule has 2 N–H and O–H groups in total. The molecule has 1 nitrogen and oxygen atoms in total. The second-order valence-electron chi connectivity index (χ2n) is 4.27. The summed E-state index contributed by atoms with van der Waals surface area (Å²) < 4.78 is 0. The SMILES string of the molecule is CCC(CC)CC1CCC[C@H]1N. The predicted molar refractivity (Wildman–Crippen MR) is 54.0 cm³/mol. The first-order chi connectivity index (χ1) is 5.77. The fourth-order valence-electron chi connectivity index (χ4n) is 2.41. The molecule has 1 unspecified atom stereocenters. The zero-order chi connectivity index (χ0) is 8.97. The van der Waals surface area contributed by atoms with E-state index in [0.717, 1.165) is 11.8 Å². The molecule has 0 saturated heterocycles. The van der Waals surface area contributed by atoms with E-state index in [1.807, 2.05) is 0 Å². The summed E-state index contributed by atoms with van der Waals surface area (Å²) in [7, 11) is 0. The van der Waals surface area contributed by atoms with Crippen molar-refractivity contribution in [1.82, 2.24) is 0 Å². The van der Waals surface area contributed by atoms with Crippen molar-refractivity contribution in [3.63, 3.8) is 0 Å². The van der Waals surface area contributed by atoms with Crippen LogP contribution in [0.1, 0.15) is 52.4 Å². The summed E-state index contributed by atoms with van der Waals surface area (Å²) in [4.78, 5) is 0. The maximum Gasteiger partial charge on any atom is 0.00672 e. The van der Waals surface area contributed by atoms with Crippen LogP contribution in [0.15, 0.2) is 0 Å². The van der Waals surface area contributed by atoms with E-state index in [2.05, 4.69) is 13.8 Å². The van der Waals surface area contributed by atoms with E-state index in [4.69, 9.17) is 5.73 Å². The Bertz CT molecular complexity index is 118. The second-order valence-corrected chi connectivity index (χ2v) is 4.27. The second kappa shape index (κ2) is 4.86. The van der Waals surface area contributed by atoms with Crippen LogP contribution in [0.3, 0.4) is 0 Å². The van der Waals surface area contributed by atoms with E-state index in [-0.39, 0.29) is 0 Å². The van der Waals surface area contributed by atoms with E-state index in [1.165, 1.54) is 38.5 Å². The van der Waals surface area contributed by atoms with Crippen molar-refractivity contribution in [2.75, 3.05) is 0 Å². The molecule has 1 fully saturated rings. The van der Waals surface area contributed by atoms with E-state index >= 15 is 0 Å². The van der Waals surface area contributed by atoms with Crippen LogP contribution in [0.5, 0.6) is 0 Å². The summed E-state index contributed by atoms with van der Waals surface area (Å²) in [5.74, 6) is 1.77. The molecule has 0 aromatic carbocycles. The fraction of sp³-hybridized carbons (Fsp3) is 1.00. The minimum absolute atomic E-state index is 0.519. The van der Waals surface area contributed by atoms with E-state index < -0.39 is 0 Å².